The number of nitrogens with one attached hydrogen (secondary N) is 1. The van der Waals surface area contributed by atoms with E-state index in [1.54, 1.807) is 42.6 Å². The van der Waals surface area contributed by atoms with Crippen LogP contribution in [-0.2, 0) is 27.2 Å². The number of nitrogen functional groups attached to an aromatic ring is 1. The van der Waals surface area contributed by atoms with Crippen molar-refractivity contribution in [3.63, 3.8) is 0 Å². The van der Waals surface area contributed by atoms with Gasteiger partial charge in [0.25, 0.3) is 5.91 Å². The number of hydrogen-bond donors (Lipinski definition) is 3. The van der Waals surface area contributed by atoms with Crippen LogP contribution in [0, 0.1) is 0 Å². The lowest BCUT2D eigenvalue weighted by molar-refractivity contribution is -0.140. The maximum Gasteiger partial charge on any atom is 0.337 e. The van der Waals surface area contributed by atoms with Gasteiger partial charge in [-0.1, -0.05) is 29.8 Å². The van der Waals surface area contributed by atoms with Crippen molar-refractivity contribution in [1.82, 2.24) is 10.3 Å². The van der Waals surface area contributed by atoms with Crippen LogP contribution in [0.5, 0.6) is 0 Å². The molecular formula is C26H31ClN4O5. The molecule has 0 aliphatic heterocycles. The molecule has 1 heterocycles. The molecule has 5 N–H and O–H groups in total. The summed E-state index contributed by atoms with van der Waals surface area (Å²) >= 11 is 5.80. The van der Waals surface area contributed by atoms with Crippen LogP contribution in [0.2, 0.25) is 5.02 Å². The van der Waals surface area contributed by atoms with Crippen molar-refractivity contribution in [3.05, 3.63) is 94.3 Å². The predicted molar refractivity (Wildman–Crippen MR) is 140 cm³/mol. The first-order valence-electron chi connectivity index (χ1n) is 10.9. The van der Waals surface area contributed by atoms with Gasteiger partial charge in [-0.15, -0.1) is 0 Å². The molecule has 3 rings (SSSR count). The summed E-state index contributed by atoms with van der Waals surface area (Å²) in [5, 5.41) is 3.24. The summed E-state index contributed by atoms with van der Waals surface area (Å²) in [6.45, 7) is 0.322. The number of halogens is 1. The van der Waals surface area contributed by atoms with Crippen LogP contribution in [0.1, 0.15) is 38.4 Å². The van der Waals surface area contributed by atoms with Gasteiger partial charge in [-0.05, 0) is 55.1 Å². The van der Waals surface area contributed by atoms with Crippen molar-refractivity contribution in [3.8, 4) is 0 Å². The lowest BCUT2D eigenvalue weighted by Gasteiger charge is -2.08. The topological polar surface area (TPSA) is 147 Å². The number of hydrogen-bond acceptors (Lipinski definition) is 8. The van der Waals surface area contributed by atoms with Gasteiger partial charge in [0.1, 0.15) is 0 Å². The SMILES string of the molecule is CN.COC(=O)CCc1ccccn1.COC(=O)c1ccc(CNC(=O)c2ccc(Cl)cc2N)cc1. The Kier molecular flexibility index (Phi) is 13.9. The number of anilines is 1. The highest BCUT2D eigenvalue weighted by Crippen LogP contribution is 2.18. The first-order chi connectivity index (χ1) is 17.3. The van der Waals surface area contributed by atoms with Crippen molar-refractivity contribution in [2.75, 3.05) is 27.0 Å². The van der Waals surface area contributed by atoms with Crippen LogP contribution < -0.4 is 16.8 Å². The molecule has 0 radical (unpaired) electrons. The van der Waals surface area contributed by atoms with Gasteiger partial charge in [-0.25, -0.2) is 4.79 Å². The van der Waals surface area contributed by atoms with E-state index in [9.17, 15) is 14.4 Å². The third-order valence-corrected chi connectivity index (χ3v) is 4.86. The molecule has 10 heteroatoms. The highest BCUT2D eigenvalue weighted by molar-refractivity contribution is 6.31. The number of pyridine rings is 1. The number of amides is 1. The number of aromatic nitrogens is 1. The summed E-state index contributed by atoms with van der Waals surface area (Å²) in [4.78, 5) is 38.2. The molecule has 0 unspecified atom stereocenters. The summed E-state index contributed by atoms with van der Waals surface area (Å²) in [5.41, 5.74) is 13.2. The molecule has 0 fully saturated rings. The quantitative estimate of drug-likeness (QED) is 0.321. The number of ether oxygens (including phenoxy) is 2. The zero-order valence-corrected chi connectivity index (χ0v) is 21.2. The highest BCUT2D eigenvalue weighted by atomic mass is 35.5. The van der Waals surface area contributed by atoms with Crippen molar-refractivity contribution in [1.29, 1.82) is 0 Å². The molecule has 1 aromatic heterocycles. The fourth-order valence-electron chi connectivity index (χ4n) is 2.77. The molecule has 0 aliphatic carbocycles. The number of rotatable bonds is 7. The zero-order valence-electron chi connectivity index (χ0n) is 20.5. The molecule has 3 aromatic rings. The number of nitrogens with two attached hydrogens (primary N) is 2. The van der Waals surface area contributed by atoms with E-state index in [-0.39, 0.29) is 11.9 Å². The molecule has 0 bridgehead atoms. The number of nitrogens with zero attached hydrogens (tertiary/aromatic N) is 1. The Morgan fingerprint density at radius 3 is 2.22 bits per heavy atom. The Morgan fingerprint density at radius 1 is 0.972 bits per heavy atom. The van der Waals surface area contributed by atoms with E-state index in [1.807, 2.05) is 18.2 Å². The molecule has 0 aliphatic rings. The predicted octanol–water partition coefficient (Wildman–Crippen LogP) is 3.40. The smallest absolute Gasteiger partial charge is 0.337 e. The Balaban J connectivity index is 0.000000391. The van der Waals surface area contributed by atoms with Gasteiger partial charge in [-0.3, -0.25) is 14.6 Å². The second-order valence-corrected chi connectivity index (χ2v) is 7.44. The first-order valence-corrected chi connectivity index (χ1v) is 11.3. The molecule has 0 spiro atoms. The van der Waals surface area contributed by atoms with Gasteiger partial charge >= 0.3 is 11.9 Å². The maximum atomic E-state index is 12.1. The summed E-state index contributed by atoms with van der Waals surface area (Å²) < 4.78 is 9.13. The average molecular weight is 515 g/mol. The Morgan fingerprint density at radius 2 is 1.67 bits per heavy atom. The number of esters is 2. The average Bonchev–Trinajstić information content (AvgIpc) is 2.92. The van der Waals surface area contributed by atoms with E-state index in [0.717, 1.165) is 11.3 Å². The lowest BCUT2D eigenvalue weighted by atomic mass is 10.1. The fraction of sp³-hybridized carbons (Fsp3) is 0.231. The molecule has 0 atom stereocenters. The second kappa shape index (κ2) is 16.6. The van der Waals surface area contributed by atoms with E-state index in [4.69, 9.17) is 17.3 Å². The third-order valence-electron chi connectivity index (χ3n) is 4.63. The van der Waals surface area contributed by atoms with E-state index < -0.39 is 5.97 Å². The lowest BCUT2D eigenvalue weighted by Crippen LogP contribution is -2.23. The van der Waals surface area contributed by atoms with Crippen LogP contribution in [0.4, 0.5) is 5.69 Å². The third kappa shape index (κ3) is 10.5. The van der Waals surface area contributed by atoms with Gasteiger partial charge in [0.2, 0.25) is 0 Å². The Labute approximate surface area is 215 Å². The first kappa shape index (κ1) is 30.1. The van der Waals surface area contributed by atoms with Gasteiger partial charge in [-0.2, -0.15) is 0 Å². The summed E-state index contributed by atoms with van der Waals surface area (Å²) in [6, 6.07) is 17.1. The maximum absolute atomic E-state index is 12.1. The molecule has 2 aromatic carbocycles. The molecule has 36 heavy (non-hydrogen) atoms. The summed E-state index contributed by atoms with van der Waals surface area (Å²) in [5.74, 6) is -0.878. The van der Waals surface area contributed by atoms with Crippen LogP contribution in [0.15, 0.2) is 66.9 Å². The largest absolute Gasteiger partial charge is 0.469 e. The molecule has 0 saturated heterocycles. The number of methoxy groups -OCH3 is 2. The Hall–Kier alpha value is -3.95. The minimum absolute atomic E-state index is 0.194. The molecule has 1 amide bonds. The van der Waals surface area contributed by atoms with Crippen LogP contribution in [0.3, 0.4) is 0 Å². The summed E-state index contributed by atoms with van der Waals surface area (Å²) in [7, 11) is 4.22. The van der Waals surface area contributed by atoms with Crippen LogP contribution in [-0.4, -0.2) is 44.1 Å². The van der Waals surface area contributed by atoms with Crippen LogP contribution in [0.25, 0.3) is 0 Å². The van der Waals surface area contributed by atoms with E-state index >= 15 is 0 Å². The van der Waals surface area contributed by atoms with Gasteiger partial charge < -0.3 is 26.3 Å². The van der Waals surface area contributed by atoms with Crippen molar-refractivity contribution < 1.29 is 23.9 Å². The van der Waals surface area contributed by atoms with Gasteiger partial charge in [0, 0.05) is 35.6 Å². The van der Waals surface area contributed by atoms with E-state index in [0.29, 0.717) is 41.2 Å². The minimum atomic E-state index is -0.399. The zero-order chi connectivity index (χ0) is 26.9. The number of benzene rings is 2. The van der Waals surface area contributed by atoms with Gasteiger partial charge in [0.15, 0.2) is 0 Å². The van der Waals surface area contributed by atoms with E-state index in [1.165, 1.54) is 27.3 Å². The normalized spacial score (nSPS) is 9.47. The molecule has 0 saturated carbocycles. The molecular weight excluding hydrogens is 484 g/mol. The minimum Gasteiger partial charge on any atom is -0.469 e. The number of carbonyl (C=O) groups is 3. The highest BCUT2D eigenvalue weighted by Gasteiger charge is 2.10. The van der Waals surface area contributed by atoms with Crippen molar-refractivity contribution >= 4 is 35.1 Å². The second-order valence-electron chi connectivity index (χ2n) is 7.00. The summed E-state index contributed by atoms with van der Waals surface area (Å²) in [6.07, 6.45) is 2.76. The number of aryl methyl sites for hydroxylation is 1. The van der Waals surface area contributed by atoms with Crippen molar-refractivity contribution in [2.45, 2.75) is 19.4 Å². The monoisotopic (exact) mass is 514 g/mol. The van der Waals surface area contributed by atoms with Crippen molar-refractivity contribution in [2.24, 2.45) is 5.73 Å². The number of carbonyl (C=O) groups excluding carboxylic acids is 3. The van der Waals surface area contributed by atoms with Crippen LogP contribution >= 0.6 is 11.6 Å². The standard InChI is InChI=1S/C16H15ClN2O3.C9H11NO2.CH5N/c1-22-16(21)11-4-2-10(3-5-11)9-19-15(20)13-7-6-12(17)8-14(13)18;1-12-9(11)6-5-8-4-2-3-7-10-8;1-2/h2-8H,9,18H2,1H3,(H,19,20);2-4,7H,5-6H2,1H3;2H2,1H3. The fourth-order valence-corrected chi connectivity index (χ4v) is 2.95. The molecule has 192 valence electrons. The Bertz CT molecular complexity index is 1110. The molecule has 9 nitrogen and oxygen atoms in total. The van der Waals surface area contributed by atoms with E-state index in [2.05, 4.69) is 25.5 Å². The van der Waals surface area contributed by atoms with Gasteiger partial charge in [0.05, 0.1) is 31.8 Å².